The zero-order valence-corrected chi connectivity index (χ0v) is 14.2. The van der Waals surface area contributed by atoms with Gasteiger partial charge in [-0.1, -0.05) is 32.0 Å². The fraction of sp³-hybridized carbons (Fsp3) is 0.938. The highest BCUT2D eigenvalue weighted by Crippen LogP contribution is 2.35. The molecular formula is C16H31N3S. The van der Waals surface area contributed by atoms with E-state index < -0.39 is 0 Å². The highest BCUT2D eigenvalue weighted by molar-refractivity contribution is 8.13. The molecule has 0 aromatic rings. The predicted octanol–water partition coefficient (Wildman–Crippen LogP) is 3.36. The normalized spacial score (nSPS) is 27.3. The largest absolute Gasteiger partial charge is 0.362 e. The lowest BCUT2D eigenvalue weighted by Gasteiger charge is -2.26. The van der Waals surface area contributed by atoms with Gasteiger partial charge < -0.3 is 10.2 Å². The Balaban J connectivity index is 1.68. The van der Waals surface area contributed by atoms with Crippen molar-refractivity contribution >= 4 is 16.9 Å². The van der Waals surface area contributed by atoms with Crippen LogP contribution in [0.3, 0.4) is 0 Å². The lowest BCUT2D eigenvalue weighted by molar-refractivity contribution is 0.293. The van der Waals surface area contributed by atoms with Gasteiger partial charge in [0.25, 0.3) is 0 Å². The highest BCUT2D eigenvalue weighted by atomic mass is 32.2. The molecule has 1 fully saturated rings. The Labute approximate surface area is 129 Å². The monoisotopic (exact) mass is 297 g/mol. The van der Waals surface area contributed by atoms with Gasteiger partial charge in [-0.3, -0.25) is 4.99 Å². The first-order valence-corrected chi connectivity index (χ1v) is 9.41. The molecule has 2 rings (SSSR count). The summed E-state index contributed by atoms with van der Waals surface area (Å²) in [5, 5.41) is 4.85. The number of nitrogens with one attached hydrogen (secondary N) is 1. The summed E-state index contributed by atoms with van der Waals surface area (Å²) in [6.07, 6.45) is 6.61. The van der Waals surface area contributed by atoms with E-state index in [4.69, 9.17) is 4.99 Å². The minimum Gasteiger partial charge on any atom is -0.362 e. The van der Waals surface area contributed by atoms with Crippen molar-refractivity contribution in [3.63, 3.8) is 0 Å². The molecule has 0 saturated heterocycles. The molecule has 3 nitrogen and oxygen atoms in total. The van der Waals surface area contributed by atoms with Gasteiger partial charge >= 0.3 is 0 Å². The summed E-state index contributed by atoms with van der Waals surface area (Å²) in [6.45, 7) is 10.4. The average molecular weight is 298 g/mol. The van der Waals surface area contributed by atoms with E-state index in [0.717, 1.165) is 5.92 Å². The Hall–Kier alpha value is -0.220. The van der Waals surface area contributed by atoms with Gasteiger partial charge in [-0.15, -0.1) is 0 Å². The molecular weight excluding hydrogens is 266 g/mol. The van der Waals surface area contributed by atoms with Crippen LogP contribution in [0.5, 0.6) is 0 Å². The third kappa shape index (κ3) is 4.66. The van der Waals surface area contributed by atoms with E-state index in [1.165, 1.54) is 62.7 Å². The van der Waals surface area contributed by atoms with Gasteiger partial charge in [-0.2, -0.15) is 0 Å². The molecule has 3 unspecified atom stereocenters. The topological polar surface area (TPSA) is 27.6 Å². The minimum absolute atomic E-state index is 0.551. The van der Waals surface area contributed by atoms with E-state index in [-0.39, 0.29) is 0 Å². The van der Waals surface area contributed by atoms with E-state index >= 15 is 0 Å². The molecule has 1 aliphatic heterocycles. The SMILES string of the molecule is CCN(CC)CCCC(C)NC1=NC2CCCC2CS1. The smallest absolute Gasteiger partial charge is 0.157 e. The first kappa shape index (κ1) is 16.2. The van der Waals surface area contributed by atoms with E-state index in [9.17, 15) is 0 Å². The zero-order valence-electron chi connectivity index (χ0n) is 13.4. The first-order valence-electron chi connectivity index (χ1n) is 8.42. The number of rotatable bonds is 7. The van der Waals surface area contributed by atoms with Crippen molar-refractivity contribution in [2.24, 2.45) is 10.9 Å². The Bertz CT molecular complexity index is 315. The average Bonchev–Trinajstić information content (AvgIpc) is 2.91. The lowest BCUT2D eigenvalue weighted by atomic mass is 10.1. The summed E-state index contributed by atoms with van der Waals surface area (Å²) in [6, 6.07) is 1.18. The molecule has 0 bridgehead atoms. The molecule has 1 aliphatic carbocycles. The summed E-state index contributed by atoms with van der Waals surface area (Å²) >= 11 is 1.95. The van der Waals surface area contributed by atoms with Crippen LogP contribution >= 0.6 is 11.8 Å². The molecule has 116 valence electrons. The van der Waals surface area contributed by atoms with Crippen LogP contribution in [0.4, 0.5) is 0 Å². The molecule has 0 spiro atoms. The first-order chi connectivity index (χ1) is 9.72. The molecule has 0 aromatic carbocycles. The fourth-order valence-electron chi connectivity index (χ4n) is 3.28. The van der Waals surface area contributed by atoms with Crippen LogP contribution in [0.2, 0.25) is 0 Å². The van der Waals surface area contributed by atoms with Gasteiger partial charge in [0.1, 0.15) is 0 Å². The molecule has 0 aromatic heterocycles. The second-order valence-electron chi connectivity index (χ2n) is 6.22. The van der Waals surface area contributed by atoms with Crippen LogP contribution in [0.15, 0.2) is 4.99 Å². The molecule has 0 amide bonds. The van der Waals surface area contributed by atoms with Crippen molar-refractivity contribution in [1.29, 1.82) is 0 Å². The van der Waals surface area contributed by atoms with Crippen molar-refractivity contribution in [3.8, 4) is 0 Å². The van der Waals surface area contributed by atoms with E-state index in [2.05, 4.69) is 31.0 Å². The standard InChI is InChI=1S/C16H31N3S/c1-4-19(5-2)11-7-8-13(3)17-16-18-15-10-6-9-14(15)12-20-16/h13-15H,4-12H2,1-3H3,(H,17,18). The van der Waals surface area contributed by atoms with Gasteiger partial charge in [0.15, 0.2) is 5.17 Å². The van der Waals surface area contributed by atoms with Crippen LogP contribution in [-0.4, -0.2) is 47.5 Å². The second kappa shape index (κ2) is 8.28. The second-order valence-corrected chi connectivity index (χ2v) is 7.23. The molecule has 2 aliphatic rings. The zero-order chi connectivity index (χ0) is 14.4. The molecule has 3 atom stereocenters. The number of fused-ring (bicyclic) bond motifs is 1. The van der Waals surface area contributed by atoms with E-state index in [1.54, 1.807) is 0 Å². The number of nitrogens with zero attached hydrogens (tertiary/aromatic N) is 2. The summed E-state index contributed by atoms with van der Waals surface area (Å²) < 4.78 is 0. The van der Waals surface area contributed by atoms with Crippen LogP contribution in [0.25, 0.3) is 0 Å². The van der Waals surface area contributed by atoms with Crippen molar-refractivity contribution < 1.29 is 0 Å². The molecule has 1 heterocycles. The van der Waals surface area contributed by atoms with E-state index in [1.807, 2.05) is 11.8 Å². The predicted molar refractivity (Wildman–Crippen MR) is 90.6 cm³/mol. The Morgan fingerprint density at radius 3 is 2.90 bits per heavy atom. The maximum absolute atomic E-state index is 4.92. The maximum Gasteiger partial charge on any atom is 0.157 e. The number of hydrogen-bond donors (Lipinski definition) is 1. The van der Waals surface area contributed by atoms with Gasteiger partial charge in [0.05, 0.1) is 6.04 Å². The van der Waals surface area contributed by atoms with Gasteiger partial charge in [0, 0.05) is 11.8 Å². The number of hydrogen-bond acceptors (Lipinski definition) is 4. The summed E-state index contributed by atoms with van der Waals surface area (Å²) in [5.41, 5.74) is 0. The Morgan fingerprint density at radius 2 is 2.15 bits per heavy atom. The Morgan fingerprint density at radius 1 is 1.35 bits per heavy atom. The fourth-order valence-corrected chi connectivity index (χ4v) is 4.53. The number of aliphatic imine (C=N–C) groups is 1. The van der Waals surface area contributed by atoms with Crippen LogP contribution in [0, 0.1) is 5.92 Å². The lowest BCUT2D eigenvalue weighted by Crippen LogP contribution is -2.36. The van der Waals surface area contributed by atoms with Crippen LogP contribution < -0.4 is 5.32 Å². The van der Waals surface area contributed by atoms with E-state index in [0.29, 0.717) is 12.1 Å². The summed E-state index contributed by atoms with van der Waals surface area (Å²) in [4.78, 5) is 7.42. The number of amidine groups is 1. The molecule has 0 radical (unpaired) electrons. The molecule has 1 N–H and O–H groups in total. The van der Waals surface area contributed by atoms with Gasteiger partial charge in [-0.05, 0) is 58.2 Å². The van der Waals surface area contributed by atoms with Crippen molar-refractivity contribution in [3.05, 3.63) is 0 Å². The van der Waals surface area contributed by atoms with Crippen molar-refractivity contribution in [2.45, 2.75) is 65.0 Å². The van der Waals surface area contributed by atoms with Gasteiger partial charge in [0.2, 0.25) is 0 Å². The van der Waals surface area contributed by atoms with Crippen LogP contribution in [0.1, 0.15) is 52.9 Å². The van der Waals surface area contributed by atoms with Crippen LogP contribution in [-0.2, 0) is 0 Å². The Kier molecular flexibility index (Phi) is 6.69. The maximum atomic E-state index is 4.92. The van der Waals surface area contributed by atoms with Crippen molar-refractivity contribution in [1.82, 2.24) is 10.2 Å². The third-order valence-corrected chi connectivity index (χ3v) is 5.80. The quantitative estimate of drug-likeness (QED) is 0.781. The third-order valence-electron chi connectivity index (χ3n) is 4.71. The van der Waals surface area contributed by atoms with Gasteiger partial charge in [-0.25, -0.2) is 0 Å². The molecule has 20 heavy (non-hydrogen) atoms. The van der Waals surface area contributed by atoms with Crippen molar-refractivity contribution in [2.75, 3.05) is 25.4 Å². The summed E-state index contributed by atoms with van der Waals surface area (Å²) in [7, 11) is 0. The summed E-state index contributed by atoms with van der Waals surface area (Å²) in [5.74, 6) is 2.14. The minimum atomic E-state index is 0.551. The number of thioether (sulfide) groups is 1. The molecule has 1 saturated carbocycles. The highest BCUT2D eigenvalue weighted by Gasteiger charge is 2.31. The molecule has 4 heteroatoms.